The summed E-state index contributed by atoms with van der Waals surface area (Å²) in [5.74, 6) is 0. The molecule has 1 nitrogen and oxygen atoms in total. The van der Waals surface area contributed by atoms with E-state index in [0.717, 1.165) is 4.47 Å². The molecule has 0 aliphatic rings. The first-order chi connectivity index (χ1) is 9.88. The fourth-order valence-corrected chi connectivity index (χ4v) is 3.62. The fraction of sp³-hybridized carbons (Fsp3) is 0.368. The summed E-state index contributed by atoms with van der Waals surface area (Å²) in [6.07, 6.45) is 0. The van der Waals surface area contributed by atoms with Crippen molar-refractivity contribution < 1.29 is 0 Å². The Morgan fingerprint density at radius 1 is 0.905 bits per heavy atom. The van der Waals surface area contributed by atoms with Crippen molar-refractivity contribution >= 4 is 15.9 Å². The second-order valence-corrected chi connectivity index (χ2v) is 6.89. The molecule has 1 N–H and O–H groups in total. The van der Waals surface area contributed by atoms with Crippen molar-refractivity contribution in [3.8, 4) is 0 Å². The zero-order valence-electron chi connectivity index (χ0n) is 13.5. The largest absolute Gasteiger partial charge is 0.304 e. The molecule has 0 saturated carbocycles. The van der Waals surface area contributed by atoms with Crippen LogP contribution in [0.5, 0.6) is 0 Å². The van der Waals surface area contributed by atoms with Crippen LogP contribution in [0.25, 0.3) is 0 Å². The lowest BCUT2D eigenvalue weighted by molar-refractivity contribution is 0.491. The average molecular weight is 346 g/mol. The summed E-state index contributed by atoms with van der Waals surface area (Å²) in [4.78, 5) is 0. The van der Waals surface area contributed by atoms with Crippen molar-refractivity contribution in [2.45, 2.75) is 46.7 Å². The van der Waals surface area contributed by atoms with Crippen LogP contribution in [0.15, 0.2) is 40.9 Å². The minimum Gasteiger partial charge on any atom is -0.304 e. The molecule has 21 heavy (non-hydrogen) atoms. The Labute approximate surface area is 136 Å². The van der Waals surface area contributed by atoms with E-state index in [0.29, 0.717) is 12.1 Å². The highest BCUT2D eigenvalue weighted by atomic mass is 79.9. The SMILES string of the molecule is Cc1cc(C)c(C(C)N[C@@H](C)c2cccc(Br)c2)c(C)c1. The molecule has 0 bridgehead atoms. The number of benzene rings is 2. The Balaban J connectivity index is 2.20. The van der Waals surface area contributed by atoms with E-state index in [4.69, 9.17) is 0 Å². The second kappa shape index (κ2) is 6.76. The Bertz CT molecular complexity index is 610. The van der Waals surface area contributed by atoms with E-state index in [1.807, 2.05) is 0 Å². The molecule has 2 atom stereocenters. The van der Waals surface area contributed by atoms with E-state index in [1.165, 1.54) is 27.8 Å². The van der Waals surface area contributed by atoms with Crippen LogP contribution in [-0.2, 0) is 0 Å². The predicted octanol–water partition coefficient (Wildman–Crippen LogP) is 5.79. The monoisotopic (exact) mass is 345 g/mol. The van der Waals surface area contributed by atoms with Gasteiger partial charge in [0.05, 0.1) is 0 Å². The van der Waals surface area contributed by atoms with Gasteiger partial charge in [0.25, 0.3) is 0 Å². The Morgan fingerprint density at radius 2 is 1.52 bits per heavy atom. The van der Waals surface area contributed by atoms with Gasteiger partial charge < -0.3 is 5.32 Å². The minimum atomic E-state index is 0.317. The van der Waals surface area contributed by atoms with Crippen LogP contribution in [0.1, 0.15) is 53.7 Å². The van der Waals surface area contributed by atoms with Gasteiger partial charge in [0, 0.05) is 16.6 Å². The van der Waals surface area contributed by atoms with Gasteiger partial charge in [-0.15, -0.1) is 0 Å². The maximum absolute atomic E-state index is 3.72. The van der Waals surface area contributed by atoms with Crippen LogP contribution in [0.3, 0.4) is 0 Å². The number of rotatable bonds is 4. The molecular formula is C19H24BrN. The second-order valence-electron chi connectivity index (χ2n) is 5.98. The first kappa shape index (κ1) is 16.3. The van der Waals surface area contributed by atoms with E-state index in [9.17, 15) is 0 Å². The number of hydrogen-bond donors (Lipinski definition) is 1. The lowest BCUT2D eigenvalue weighted by Gasteiger charge is -2.24. The molecule has 0 aliphatic carbocycles. The van der Waals surface area contributed by atoms with Crippen LogP contribution in [-0.4, -0.2) is 0 Å². The molecule has 0 saturated heterocycles. The third-order valence-electron chi connectivity index (χ3n) is 4.02. The molecule has 1 unspecified atom stereocenters. The number of hydrogen-bond acceptors (Lipinski definition) is 1. The third-order valence-corrected chi connectivity index (χ3v) is 4.51. The van der Waals surface area contributed by atoms with Crippen LogP contribution in [0.2, 0.25) is 0 Å². The fourth-order valence-electron chi connectivity index (χ4n) is 3.20. The Kier molecular flexibility index (Phi) is 5.23. The van der Waals surface area contributed by atoms with E-state index < -0.39 is 0 Å². The molecule has 2 aromatic rings. The molecule has 0 heterocycles. The summed E-state index contributed by atoms with van der Waals surface area (Å²) in [6.45, 7) is 11.0. The topological polar surface area (TPSA) is 12.0 Å². The summed E-state index contributed by atoms with van der Waals surface area (Å²) in [5, 5.41) is 3.72. The third kappa shape index (κ3) is 3.96. The summed E-state index contributed by atoms with van der Waals surface area (Å²) in [6, 6.07) is 13.7. The van der Waals surface area contributed by atoms with Gasteiger partial charge in [0.2, 0.25) is 0 Å². The number of halogens is 1. The zero-order valence-corrected chi connectivity index (χ0v) is 15.1. The average Bonchev–Trinajstić information content (AvgIpc) is 2.37. The molecule has 2 heteroatoms. The standard InChI is InChI=1S/C19H24BrN/c1-12-9-13(2)19(14(3)10-12)16(5)21-15(4)17-7-6-8-18(20)11-17/h6-11,15-16,21H,1-5H3/t15-,16?/m0/s1. The zero-order chi connectivity index (χ0) is 15.6. The Morgan fingerprint density at radius 3 is 2.10 bits per heavy atom. The quantitative estimate of drug-likeness (QED) is 0.739. The number of nitrogens with one attached hydrogen (secondary N) is 1. The molecule has 0 radical (unpaired) electrons. The minimum absolute atomic E-state index is 0.317. The molecule has 0 aromatic heterocycles. The van der Waals surface area contributed by atoms with Gasteiger partial charge in [-0.2, -0.15) is 0 Å². The van der Waals surface area contributed by atoms with E-state index in [2.05, 4.69) is 92.3 Å². The lowest BCUT2D eigenvalue weighted by Crippen LogP contribution is -2.23. The van der Waals surface area contributed by atoms with Gasteiger partial charge >= 0.3 is 0 Å². The highest BCUT2D eigenvalue weighted by Crippen LogP contribution is 2.26. The maximum atomic E-state index is 3.72. The molecule has 112 valence electrons. The first-order valence-corrected chi connectivity index (χ1v) is 8.27. The normalized spacial score (nSPS) is 14.0. The summed E-state index contributed by atoms with van der Waals surface area (Å²) < 4.78 is 1.13. The highest BCUT2D eigenvalue weighted by molar-refractivity contribution is 9.10. The van der Waals surface area contributed by atoms with E-state index >= 15 is 0 Å². The summed E-state index contributed by atoms with van der Waals surface area (Å²) >= 11 is 3.54. The first-order valence-electron chi connectivity index (χ1n) is 7.47. The smallest absolute Gasteiger partial charge is 0.0302 e. The van der Waals surface area contributed by atoms with Crippen LogP contribution >= 0.6 is 15.9 Å². The van der Waals surface area contributed by atoms with E-state index in [-0.39, 0.29) is 0 Å². The van der Waals surface area contributed by atoms with Crippen molar-refractivity contribution in [2.24, 2.45) is 0 Å². The summed E-state index contributed by atoms with van der Waals surface area (Å²) in [7, 11) is 0. The van der Waals surface area contributed by atoms with Crippen molar-refractivity contribution in [1.29, 1.82) is 0 Å². The molecule has 0 aliphatic heterocycles. The molecule has 0 fully saturated rings. The lowest BCUT2D eigenvalue weighted by atomic mass is 9.94. The van der Waals surface area contributed by atoms with E-state index in [1.54, 1.807) is 0 Å². The van der Waals surface area contributed by atoms with Gasteiger partial charge in [-0.3, -0.25) is 0 Å². The molecule has 2 rings (SSSR count). The van der Waals surface area contributed by atoms with Gasteiger partial charge in [-0.1, -0.05) is 45.8 Å². The predicted molar refractivity (Wildman–Crippen MR) is 94.8 cm³/mol. The van der Waals surface area contributed by atoms with Crippen molar-refractivity contribution in [3.05, 3.63) is 68.7 Å². The molecule has 0 spiro atoms. The van der Waals surface area contributed by atoms with Gasteiger partial charge in [-0.25, -0.2) is 0 Å². The van der Waals surface area contributed by atoms with Crippen LogP contribution < -0.4 is 5.32 Å². The van der Waals surface area contributed by atoms with Crippen LogP contribution in [0, 0.1) is 20.8 Å². The van der Waals surface area contributed by atoms with Crippen molar-refractivity contribution in [3.63, 3.8) is 0 Å². The Hall–Kier alpha value is -1.12. The molecule has 0 amide bonds. The molecule has 2 aromatic carbocycles. The maximum Gasteiger partial charge on any atom is 0.0302 e. The highest BCUT2D eigenvalue weighted by Gasteiger charge is 2.15. The summed E-state index contributed by atoms with van der Waals surface area (Å²) in [5.41, 5.74) is 6.80. The van der Waals surface area contributed by atoms with Gasteiger partial charge in [0.1, 0.15) is 0 Å². The number of aryl methyl sites for hydroxylation is 3. The van der Waals surface area contributed by atoms with Crippen molar-refractivity contribution in [1.82, 2.24) is 5.32 Å². The van der Waals surface area contributed by atoms with Crippen molar-refractivity contribution in [2.75, 3.05) is 0 Å². The van der Waals surface area contributed by atoms with Gasteiger partial charge in [0.15, 0.2) is 0 Å². The van der Waals surface area contributed by atoms with Crippen LogP contribution in [0.4, 0.5) is 0 Å². The molecular weight excluding hydrogens is 322 g/mol. The van der Waals surface area contributed by atoms with Gasteiger partial charge in [-0.05, 0) is 69.0 Å².